The Kier molecular flexibility index (Phi) is 5.15. The van der Waals surface area contributed by atoms with Gasteiger partial charge in [-0.3, -0.25) is 10.1 Å². The molecule has 1 aromatic rings. The van der Waals surface area contributed by atoms with Crippen LogP contribution in [-0.4, -0.2) is 25.9 Å². The van der Waals surface area contributed by atoms with E-state index < -0.39 is 20.6 Å². The standard InChI is InChI=1S/C14H21N3O4S/c1-10-6-7-14(13(8-10)17(18)19)22(20,21)16-12-5-3-2-4-11(12)9-15/h6-8,11-12,16H,2-5,9,15H2,1H3. The number of nitro groups is 1. The molecule has 0 radical (unpaired) electrons. The van der Waals surface area contributed by atoms with E-state index in [-0.39, 0.29) is 16.9 Å². The summed E-state index contributed by atoms with van der Waals surface area (Å²) in [7, 11) is -3.94. The Morgan fingerprint density at radius 2 is 2.05 bits per heavy atom. The Hall–Kier alpha value is -1.51. The number of nitrogens with zero attached hydrogens (tertiary/aromatic N) is 1. The van der Waals surface area contributed by atoms with E-state index >= 15 is 0 Å². The van der Waals surface area contributed by atoms with Gasteiger partial charge in [0.1, 0.15) is 0 Å². The monoisotopic (exact) mass is 327 g/mol. The molecule has 122 valence electrons. The molecule has 0 aliphatic heterocycles. The Morgan fingerprint density at radius 3 is 2.68 bits per heavy atom. The summed E-state index contributed by atoms with van der Waals surface area (Å²) in [6.45, 7) is 2.09. The van der Waals surface area contributed by atoms with E-state index in [1.54, 1.807) is 13.0 Å². The van der Waals surface area contributed by atoms with Crippen LogP contribution in [0.25, 0.3) is 0 Å². The maximum absolute atomic E-state index is 12.5. The Balaban J connectivity index is 2.32. The third-order valence-corrected chi connectivity index (χ3v) is 5.66. The van der Waals surface area contributed by atoms with Crippen molar-refractivity contribution in [2.24, 2.45) is 11.7 Å². The molecule has 1 aliphatic carbocycles. The van der Waals surface area contributed by atoms with Gasteiger partial charge in [-0.15, -0.1) is 0 Å². The second kappa shape index (κ2) is 6.72. The first-order valence-electron chi connectivity index (χ1n) is 7.32. The molecule has 0 bridgehead atoms. The molecule has 1 aromatic carbocycles. The molecular weight excluding hydrogens is 306 g/mol. The molecular formula is C14H21N3O4S. The van der Waals surface area contributed by atoms with Gasteiger partial charge >= 0.3 is 0 Å². The van der Waals surface area contributed by atoms with Crippen LogP contribution in [-0.2, 0) is 10.0 Å². The fraction of sp³-hybridized carbons (Fsp3) is 0.571. The van der Waals surface area contributed by atoms with Gasteiger partial charge in [0.2, 0.25) is 10.0 Å². The molecule has 1 fully saturated rings. The van der Waals surface area contributed by atoms with Crippen molar-refractivity contribution in [1.82, 2.24) is 4.72 Å². The fourth-order valence-electron chi connectivity index (χ4n) is 2.91. The largest absolute Gasteiger partial charge is 0.330 e. The van der Waals surface area contributed by atoms with E-state index in [1.807, 2.05) is 0 Å². The van der Waals surface area contributed by atoms with Crippen LogP contribution in [0.2, 0.25) is 0 Å². The number of aryl methyl sites for hydroxylation is 1. The highest BCUT2D eigenvalue weighted by Gasteiger charge is 2.32. The molecule has 1 aliphatic rings. The number of hydrogen-bond acceptors (Lipinski definition) is 5. The topological polar surface area (TPSA) is 115 Å². The number of hydrogen-bond donors (Lipinski definition) is 2. The average Bonchev–Trinajstić information content (AvgIpc) is 2.47. The summed E-state index contributed by atoms with van der Waals surface area (Å²) in [6, 6.07) is 3.86. The molecule has 22 heavy (non-hydrogen) atoms. The maximum atomic E-state index is 12.5. The summed E-state index contributed by atoms with van der Waals surface area (Å²) in [5.41, 5.74) is 5.95. The summed E-state index contributed by atoms with van der Waals surface area (Å²) in [5, 5.41) is 11.1. The minimum absolute atomic E-state index is 0.0769. The van der Waals surface area contributed by atoms with Crippen LogP contribution < -0.4 is 10.5 Å². The number of benzene rings is 1. The summed E-state index contributed by atoms with van der Waals surface area (Å²) in [4.78, 5) is 10.2. The van der Waals surface area contributed by atoms with Crippen molar-refractivity contribution in [2.45, 2.75) is 43.5 Å². The molecule has 0 spiro atoms. The van der Waals surface area contributed by atoms with E-state index in [2.05, 4.69) is 4.72 Å². The second-order valence-electron chi connectivity index (χ2n) is 5.74. The van der Waals surface area contributed by atoms with Crippen LogP contribution in [0.15, 0.2) is 23.1 Å². The van der Waals surface area contributed by atoms with Crippen molar-refractivity contribution in [2.75, 3.05) is 6.54 Å². The van der Waals surface area contributed by atoms with Gasteiger partial charge in [0, 0.05) is 12.1 Å². The molecule has 0 aromatic heterocycles. The fourth-order valence-corrected chi connectivity index (χ4v) is 4.40. The van der Waals surface area contributed by atoms with E-state index in [1.165, 1.54) is 12.1 Å². The summed E-state index contributed by atoms with van der Waals surface area (Å²) in [5.74, 6) is 0.0769. The first-order chi connectivity index (χ1) is 10.3. The van der Waals surface area contributed by atoms with Crippen molar-refractivity contribution in [1.29, 1.82) is 0 Å². The summed E-state index contributed by atoms with van der Waals surface area (Å²) in [6.07, 6.45) is 3.55. The van der Waals surface area contributed by atoms with Crippen LogP contribution in [0.3, 0.4) is 0 Å². The summed E-state index contributed by atoms with van der Waals surface area (Å²) < 4.78 is 27.7. The Bertz CT molecular complexity index is 660. The van der Waals surface area contributed by atoms with Crippen molar-refractivity contribution in [3.05, 3.63) is 33.9 Å². The molecule has 2 unspecified atom stereocenters. The number of rotatable bonds is 5. The van der Waals surface area contributed by atoms with Crippen LogP contribution >= 0.6 is 0 Å². The smallest absolute Gasteiger partial charge is 0.289 e. The van der Waals surface area contributed by atoms with Gasteiger partial charge in [0.15, 0.2) is 4.90 Å². The van der Waals surface area contributed by atoms with Gasteiger partial charge in [0.25, 0.3) is 5.69 Å². The molecule has 0 saturated heterocycles. The SMILES string of the molecule is Cc1ccc(S(=O)(=O)NC2CCCCC2CN)c([N+](=O)[O-])c1. The Morgan fingerprint density at radius 1 is 1.36 bits per heavy atom. The zero-order valence-corrected chi connectivity index (χ0v) is 13.3. The predicted octanol–water partition coefficient (Wildman–Crippen LogP) is 1.70. The lowest BCUT2D eigenvalue weighted by Gasteiger charge is -2.30. The summed E-state index contributed by atoms with van der Waals surface area (Å²) >= 11 is 0. The molecule has 0 amide bonds. The van der Waals surface area contributed by atoms with Gasteiger partial charge in [0.05, 0.1) is 4.92 Å². The molecule has 3 N–H and O–H groups in total. The van der Waals surface area contributed by atoms with Gasteiger partial charge in [-0.2, -0.15) is 0 Å². The number of nitro benzene ring substituents is 1. The van der Waals surface area contributed by atoms with Gasteiger partial charge in [-0.1, -0.05) is 18.9 Å². The first-order valence-corrected chi connectivity index (χ1v) is 8.81. The lowest BCUT2D eigenvalue weighted by atomic mass is 9.85. The molecule has 8 heteroatoms. The lowest BCUT2D eigenvalue weighted by molar-refractivity contribution is -0.387. The van der Waals surface area contributed by atoms with Gasteiger partial charge < -0.3 is 5.73 Å². The lowest BCUT2D eigenvalue weighted by Crippen LogP contribution is -2.44. The highest BCUT2D eigenvalue weighted by Crippen LogP contribution is 2.28. The third-order valence-electron chi connectivity index (χ3n) is 4.12. The zero-order valence-electron chi connectivity index (χ0n) is 12.5. The minimum atomic E-state index is -3.94. The molecule has 2 atom stereocenters. The average molecular weight is 327 g/mol. The van der Waals surface area contributed by atoms with E-state index in [0.717, 1.165) is 19.3 Å². The number of nitrogens with two attached hydrogens (primary N) is 1. The van der Waals surface area contributed by atoms with Crippen molar-refractivity contribution < 1.29 is 13.3 Å². The van der Waals surface area contributed by atoms with Crippen molar-refractivity contribution in [3.8, 4) is 0 Å². The van der Waals surface area contributed by atoms with Gasteiger partial charge in [-0.25, -0.2) is 13.1 Å². The second-order valence-corrected chi connectivity index (χ2v) is 7.42. The van der Waals surface area contributed by atoms with Crippen LogP contribution in [0.4, 0.5) is 5.69 Å². The van der Waals surface area contributed by atoms with Crippen LogP contribution in [0.5, 0.6) is 0 Å². The van der Waals surface area contributed by atoms with Gasteiger partial charge in [-0.05, 0) is 43.9 Å². The quantitative estimate of drug-likeness (QED) is 0.631. The highest BCUT2D eigenvalue weighted by atomic mass is 32.2. The minimum Gasteiger partial charge on any atom is -0.330 e. The molecule has 1 saturated carbocycles. The third kappa shape index (κ3) is 3.63. The van der Waals surface area contributed by atoms with Crippen molar-refractivity contribution >= 4 is 15.7 Å². The van der Waals surface area contributed by atoms with Crippen molar-refractivity contribution in [3.63, 3.8) is 0 Å². The molecule has 2 rings (SSSR count). The molecule has 7 nitrogen and oxygen atoms in total. The normalized spacial score (nSPS) is 22.5. The number of nitrogens with one attached hydrogen (secondary N) is 1. The number of sulfonamides is 1. The van der Waals surface area contributed by atoms with Crippen LogP contribution in [0, 0.1) is 23.0 Å². The van der Waals surface area contributed by atoms with E-state index in [9.17, 15) is 18.5 Å². The van der Waals surface area contributed by atoms with E-state index in [4.69, 9.17) is 5.73 Å². The zero-order chi connectivity index (χ0) is 16.3. The molecule has 0 heterocycles. The highest BCUT2D eigenvalue weighted by molar-refractivity contribution is 7.89. The first kappa shape index (κ1) is 16.9. The van der Waals surface area contributed by atoms with E-state index in [0.29, 0.717) is 18.5 Å². The predicted molar refractivity (Wildman–Crippen MR) is 83.0 cm³/mol. The maximum Gasteiger partial charge on any atom is 0.289 e. The van der Waals surface area contributed by atoms with Crippen LogP contribution in [0.1, 0.15) is 31.2 Å². The Labute approximate surface area is 130 Å².